The number of aliphatic hydroxyl groups excluding tert-OH is 1. The molecule has 0 bridgehead atoms. The molecule has 0 aromatic heterocycles. The summed E-state index contributed by atoms with van der Waals surface area (Å²) in [5.41, 5.74) is 7.16. The van der Waals surface area contributed by atoms with Crippen molar-refractivity contribution in [3.63, 3.8) is 0 Å². The lowest BCUT2D eigenvalue weighted by molar-refractivity contribution is 0.128. The molecule has 152 valence electrons. The second-order valence-electron chi connectivity index (χ2n) is 7.60. The van der Waals surface area contributed by atoms with Crippen LogP contribution in [-0.2, 0) is 0 Å². The fourth-order valence-corrected chi connectivity index (χ4v) is 3.03. The molecule has 3 rings (SSSR count). The van der Waals surface area contributed by atoms with Gasteiger partial charge in [0.25, 0.3) is 0 Å². The van der Waals surface area contributed by atoms with Crippen LogP contribution in [0.3, 0.4) is 0 Å². The van der Waals surface area contributed by atoms with Gasteiger partial charge in [0.15, 0.2) is 11.5 Å². The fraction of sp³-hybridized carbons (Fsp3) is 0.280. The van der Waals surface area contributed by atoms with E-state index in [0.717, 1.165) is 17.7 Å². The molecular weight excluding hydrogens is 362 g/mol. The molecule has 0 heterocycles. The third kappa shape index (κ3) is 6.08. The van der Waals surface area contributed by atoms with Gasteiger partial charge in [0.1, 0.15) is 11.5 Å². The normalized spacial score (nSPS) is 13.1. The smallest absolute Gasteiger partial charge is 0.170 e. The zero-order chi connectivity index (χ0) is 20.6. The Balaban J connectivity index is 1.86. The molecular formula is C25H29NO3. The lowest BCUT2D eigenvalue weighted by Crippen LogP contribution is -2.26. The van der Waals surface area contributed by atoms with Crippen molar-refractivity contribution in [3.8, 4) is 23.0 Å². The van der Waals surface area contributed by atoms with E-state index in [1.807, 2.05) is 78.9 Å². The first-order valence-corrected chi connectivity index (χ1v) is 10.1. The van der Waals surface area contributed by atoms with Crippen LogP contribution in [0.25, 0.3) is 0 Å². The summed E-state index contributed by atoms with van der Waals surface area (Å²) in [5, 5.41) is 10.5. The standard InChI is InChI=1S/C25H29NO3/c1-18(2)13-15-22(27)25(26)19-14-16-23(28-20-9-5-3-6-10-20)24(17-19)29-21-11-7-4-8-12-21/h3-12,14,16-18,22,25,27H,13,15,26H2,1-2H3/t22-,25+/m0/s1. The van der Waals surface area contributed by atoms with Gasteiger partial charge < -0.3 is 20.3 Å². The van der Waals surface area contributed by atoms with Crippen molar-refractivity contribution in [3.05, 3.63) is 84.4 Å². The highest BCUT2D eigenvalue weighted by molar-refractivity contribution is 5.48. The van der Waals surface area contributed by atoms with Gasteiger partial charge in [-0.25, -0.2) is 0 Å². The summed E-state index contributed by atoms with van der Waals surface area (Å²) in [4.78, 5) is 0. The molecule has 0 fully saturated rings. The molecule has 3 aromatic carbocycles. The average Bonchev–Trinajstić information content (AvgIpc) is 2.74. The molecule has 0 saturated heterocycles. The molecule has 0 saturated carbocycles. The summed E-state index contributed by atoms with van der Waals surface area (Å²) in [5.74, 6) is 3.10. The molecule has 0 aliphatic heterocycles. The van der Waals surface area contributed by atoms with Gasteiger partial charge >= 0.3 is 0 Å². The topological polar surface area (TPSA) is 64.7 Å². The van der Waals surface area contributed by atoms with Crippen LogP contribution in [-0.4, -0.2) is 11.2 Å². The van der Waals surface area contributed by atoms with Crippen molar-refractivity contribution in [1.82, 2.24) is 0 Å². The third-order valence-corrected chi connectivity index (χ3v) is 4.75. The van der Waals surface area contributed by atoms with E-state index in [2.05, 4.69) is 13.8 Å². The molecule has 4 nitrogen and oxygen atoms in total. The van der Waals surface area contributed by atoms with E-state index >= 15 is 0 Å². The maximum absolute atomic E-state index is 10.5. The summed E-state index contributed by atoms with van der Waals surface area (Å²) in [6.07, 6.45) is 0.982. The number of nitrogens with two attached hydrogens (primary N) is 1. The van der Waals surface area contributed by atoms with Crippen LogP contribution in [0.2, 0.25) is 0 Å². The molecule has 3 N–H and O–H groups in total. The first-order valence-electron chi connectivity index (χ1n) is 10.1. The van der Waals surface area contributed by atoms with Crippen molar-refractivity contribution >= 4 is 0 Å². The molecule has 0 unspecified atom stereocenters. The number of para-hydroxylation sites is 2. The largest absolute Gasteiger partial charge is 0.453 e. The Hall–Kier alpha value is -2.82. The number of hydrogen-bond donors (Lipinski definition) is 2. The number of hydrogen-bond acceptors (Lipinski definition) is 4. The average molecular weight is 392 g/mol. The number of ether oxygens (including phenoxy) is 2. The molecule has 0 amide bonds. The van der Waals surface area contributed by atoms with Gasteiger partial charge in [-0.15, -0.1) is 0 Å². The molecule has 0 aliphatic rings. The van der Waals surface area contributed by atoms with E-state index in [4.69, 9.17) is 15.2 Å². The van der Waals surface area contributed by atoms with Crippen LogP contribution >= 0.6 is 0 Å². The Morgan fingerprint density at radius 3 is 1.86 bits per heavy atom. The van der Waals surface area contributed by atoms with E-state index in [9.17, 15) is 5.11 Å². The minimum absolute atomic E-state index is 0.488. The second kappa shape index (κ2) is 10.1. The quantitative estimate of drug-likeness (QED) is 0.465. The predicted octanol–water partition coefficient (Wildman–Crippen LogP) is 6.07. The Kier molecular flexibility index (Phi) is 7.28. The molecule has 2 atom stereocenters. The lowest BCUT2D eigenvalue weighted by Gasteiger charge is -2.21. The Morgan fingerprint density at radius 1 is 0.759 bits per heavy atom. The van der Waals surface area contributed by atoms with Crippen LogP contribution in [0.4, 0.5) is 0 Å². The minimum Gasteiger partial charge on any atom is -0.453 e. The molecule has 4 heteroatoms. The Labute approximate surface area is 172 Å². The molecule has 3 aromatic rings. The van der Waals surface area contributed by atoms with Crippen molar-refractivity contribution in [2.75, 3.05) is 0 Å². The monoisotopic (exact) mass is 391 g/mol. The molecule has 0 radical (unpaired) electrons. The van der Waals surface area contributed by atoms with Gasteiger partial charge in [-0.3, -0.25) is 0 Å². The van der Waals surface area contributed by atoms with Gasteiger partial charge in [0, 0.05) is 0 Å². The Morgan fingerprint density at radius 2 is 1.31 bits per heavy atom. The highest BCUT2D eigenvalue weighted by atomic mass is 16.5. The zero-order valence-corrected chi connectivity index (χ0v) is 17.0. The minimum atomic E-state index is -0.608. The van der Waals surface area contributed by atoms with Crippen LogP contribution in [0.15, 0.2) is 78.9 Å². The van der Waals surface area contributed by atoms with E-state index in [0.29, 0.717) is 29.6 Å². The van der Waals surface area contributed by atoms with Gasteiger partial charge in [-0.2, -0.15) is 0 Å². The number of rotatable bonds is 9. The van der Waals surface area contributed by atoms with Gasteiger partial charge in [-0.1, -0.05) is 56.3 Å². The maximum atomic E-state index is 10.5. The van der Waals surface area contributed by atoms with Gasteiger partial charge in [0.05, 0.1) is 12.1 Å². The highest BCUT2D eigenvalue weighted by Crippen LogP contribution is 2.37. The van der Waals surface area contributed by atoms with E-state index in [1.165, 1.54) is 0 Å². The Bertz CT molecular complexity index is 881. The number of aliphatic hydroxyl groups is 1. The number of benzene rings is 3. The summed E-state index contributed by atoms with van der Waals surface area (Å²) in [6.45, 7) is 4.28. The summed E-state index contributed by atoms with van der Waals surface area (Å²) in [7, 11) is 0. The van der Waals surface area contributed by atoms with Crippen molar-refractivity contribution in [1.29, 1.82) is 0 Å². The maximum Gasteiger partial charge on any atom is 0.170 e. The van der Waals surface area contributed by atoms with Crippen LogP contribution in [0, 0.1) is 5.92 Å². The van der Waals surface area contributed by atoms with Crippen molar-refractivity contribution < 1.29 is 14.6 Å². The van der Waals surface area contributed by atoms with E-state index in [1.54, 1.807) is 0 Å². The highest BCUT2D eigenvalue weighted by Gasteiger charge is 2.19. The van der Waals surface area contributed by atoms with Crippen molar-refractivity contribution in [2.45, 2.75) is 38.8 Å². The SMILES string of the molecule is CC(C)CC[C@H](O)[C@H](N)c1ccc(Oc2ccccc2)c(Oc2ccccc2)c1. The third-order valence-electron chi connectivity index (χ3n) is 4.75. The predicted molar refractivity (Wildman–Crippen MR) is 116 cm³/mol. The summed E-state index contributed by atoms with van der Waals surface area (Å²) < 4.78 is 12.1. The first-order chi connectivity index (χ1) is 14.0. The summed E-state index contributed by atoms with van der Waals surface area (Å²) in [6, 6.07) is 24.2. The molecule has 0 spiro atoms. The molecule has 0 aliphatic carbocycles. The molecule has 29 heavy (non-hydrogen) atoms. The lowest BCUT2D eigenvalue weighted by atomic mass is 9.96. The van der Waals surface area contributed by atoms with Crippen LogP contribution in [0.5, 0.6) is 23.0 Å². The first kappa shape index (κ1) is 20.9. The second-order valence-corrected chi connectivity index (χ2v) is 7.60. The van der Waals surface area contributed by atoms with Crippen LogP contribution in [0.1, 0.15) is 38.3 Å². The van der Waals surface area contributed by atoms with Crippen LogP contribution < -0.4 is 15.2 Å². The summed E-state index contributed by atoms with van der Waals surface area (Å²) >= 11 is 0. The zero-order valence-electron chi connectivity index (χ0n) is 17.0. The van der Waals surface area contributed by atoms with Crippen molar-refractivity contribution in [2.24, 2.45) is 11.7 Å². The fourth-order valence-electron chi connectivity index (χ4n) is 3.03. The van der Waals surface area contributed by atoms with E-state index < -0.39 is 12.1 Å². The van der Waals surface area contributed by atoms with E-state index in [-0.39, 0.29) is 0 Å². The van der Waals surface area contributed by atoms with Gasteiger partial charge in [0.2, 0.25) is 0 Å². The van der Waals surface area contributed by atoms with Gasteiger partial charge in [-0.05, 0) is 60.7 Å².